The lowest BCUT2D eigenvalue weighted by Crippen LogP contribution is -2.47. The van der Waals surface area contributed by atoms with Gasteiger partial charge < -0.3 is 10.6 Å². The standard InChI is InChI=1S/C20H18F2N4O2S/c1-11(2)17(25-18(27)16-13(21)6-3-7-14(16)22)19(28)26-20-24-15(10-29-20)12-5-4-8-23-9-12/h3-11,17H,1-2H3,(H,25,27)(H,24,26,28)/t17-/m0/s1. The summed E-state index contributed by atoms with van der Waals surface area (Å²) in [4.78, 5) is 33.4. The molecule has 150 valence electrons. The van der Waals surface area contributed by atoms with Crippen LogP contribution in [0.4, 0.5) is 13.9 Å². The number of carbonyl (C=O) groups is 2. The number of rotatable bonds is 6. The quantitative estimate of drug-likeness (QED) is 0.639. The van der Waals surface area contributed by atoms with Gasteiger partial charge in [-0.25, -0.2) is 13.8 Å². The highest BCUT2D eigenvalue weighted by Gasteiger charge is 2.28. The number of nitrogens with zero attached hydrogens (tertiary/aromatic N) is 2. The van der Waals surface area contributed by atoms with E-state index in [1.54, 1.807) is 37.7 Å². The first-order valence-electron chi connectivity index (χ1n) is 8.78. The minimum Gasteiger partial charge on any atom is -0.340 e. The van der Waals surface area contributed by atoms with Crippen LogP contribution in [0.2, 0.25) is 0 Å². The van der Waals surface area contributed by atoms with Gasteiger partial charge >= 0.3 is 0 Å². The first-order valence-corrected chi connectivity index (χ1v) is 9.66. The average Bonchev–Trinajstić information content (AvgIpc) is 3.14. The Balaban J connectivity index is 1.73. The highest BCUT2D eigenvalue weighted by atomic mass is 32.1. The van der Waals surface area contributed by atoms with Crippen molar-refractivity contribution in [3.05, 3.63) is 65.3 Å². The zero-order valence-corrected chi connectivity index (χ0v) is 16.5. The molecule has 3 aromatic rings. The van der Waals surface area contributed by atoms with Crippen molar-refractivity contribution in [1.82, 2.24) is 15.3 Å². The maximum absolute atomic E-state index is 13.8. The molecule has 0 aliphatic rings. The molecule has 3 rings (SSSR count). The van der Waals surface area contributed by atoms with E-state index in [0.29, 0.717) is 10.8 Å². The number of carbonyl (C=O) groups excluding carboxylic acids is 2. The molecular formula is C20H18F2N4O2S. The summed E-state index contributed by atoms with van der Waals surface area (Å²) in [6, 6.07) is 5.74. The van der Waals surface area contributed by atoms with E-state index in [4.69, 9.17) is 0 Å². The summed E-state index contributed by atoms with van der Waals surface area (Å²) < 4.78 is 27.7. The Morgan fingerprint density at radius 3 is 2.45 bits per heavy atom. The summed E-state index contributed by atoms with van der Waals surface area (Å²) in [6.07, 6.45) is 3.30. The van der Waals surface area contributed by atoms with Crippen molar-refractivity contribution in [1.29, 1.82) is 0 Å². The Bertz CT molecular complexity index is 1000. The number of amides is 2. The number of aromatic nitrogens is 2. The molecule has 0 aliphatic carbocycles. The maximum atomic E-state index is 13.8. The van der Waals surface area contributed by atoms with E-state index in [1.807, 2.05) is 6.07 Å². The van der Waals surface area contributed by atoms with Gasteiger partial charge in [-0.1, -0.05) is 19.9 Å². The molecule has 29 heavy (non-hydrogen) atoms. The van der Waals surface area contributed by atoms with Gasteiger partial charge in [-0.2, -0.15) is 0 Å². The lowest BCUT2D eigenvalue weighted by Gasteiger charge is -2.21. The third-order valence-corrected chi connectivity index (χ3v) is 4.87. The summed E-state index contributed by atoms with van der Waals surface area (Å²) in [7, 11) is 0. The van der Waals surface area contributed by atoms with Gasteiger partial charge in [-0.05, 0) is 30.2 Å². The normalized spacial score (nSPS) is 11.9. The first-order chi connectivity index (χ1) is 13.9. The molecule has 2 N–H and O–H groups in total. The summed E-state index contributed by atoms with van der Waals surface area (Å²) in [5, 5.41) is 7.16. The second-order valence-corrected chi connectivity index (χ2v) is 7.42. The number of thiazole rings is 1. The smallest absolute Gasteiger partial charge is 0.257 e. The van der Waals surface area contributed by atoms with Crippen molar-refractivity contribution in [3.8, 4) is 11.3 Å². The molecule has 0 unspecified atom stereocenters. The molecule has 0 bridgehead atoms. The van der Waals surface area contributed by atoms with E-state index in [9.17, 15) is 18.4 Å². The third-order valence-electron chi connectivity index (χ3n) is 4.12. The minimum absolute atomic E-state index is 0.327. The van der Waals surface area contributed by atoms with E-state index < -0.39 is 35.1 Å². The van der Waals surface area contributed by atoms with Gasteiger partial charge in [0.1, 0.15) is 23.2 Å². The molecule has 1 atom stereocenters. The van der Waals surface area contributed by atoms with Crippen LogP contribution in [0, 0.1) is 17.6 Å². The summed E-state index contributed by atoms with van der Waals surface area (Å²) in [5.41, 5.74) is 0.726. The van der Waals surface area contributed by atoms with E-state index >= 15 is 0 Å². The van der Waals surface area contributed by atoms with Crippen molar-refractivity contribution in [3.63, 3.8) is 0 Å². The predicted molar refractivity (Wildman–Crippen MR) is 106 cm³/mol. The molecule has 2 amide bonds. The molecule has 0 fully saturated rings. The summed E-state index contributed by atoms with van der Waals surface area (Å²) >= 11 is 1.22. The van der Waals surface area contributed by atoms with Gasteiger partial charge in [-0.3, -0.25) is 14.6 Å². The Kier molecular flexibility index (Phi) is 6.28. The number of nitrogens with one attached hydrogen (secondary N) is 2. The molecule has 0 spiro atoms. The summed E-state index contributed by atoms with van der Waals surface area (Å²) in [5.74, 6) is -3.84. The van der Waals surface area contributed by atoms with Crippen LogP contribution in [0.15, 0.2) is 48.1 Å². The fraction of sp³-hybridized carbons (Fsp3) is 0.200. The zero-order valence-electron chi connectivity index (χ0n) is 15.6. The van der Waals surface area contributed by atoms with Crippen LogP contribution in [0.5, 0.6) is 0 Å². The number of hydrogen-bond donors (Lipinski definition) is 2. The zero-order chi connectivity index (χ0) is 21.0. The van der Waals surface area contributed by atoms with Crippen LogP contribution in [0.25, 0.3) is 11.3 Å². The number of halogens is 2. The molecule has 6 nitrogen and oxygen atoms in total. The number of benzene rings is 1. The van der Waals surface area contributed by atoms with E-state index in [2.05, 4.69) is 20.6 Å². The van der Waals surface area contributed by atoms with Crippen LogP contribution in [-0.2, 0) is 4.79 Å². The maximum Gasteiger partial charge on any atom is 0.257 e. The lowest BCUT2D eigenvalue weighted by atomic mass is 10.0. The van der Waals surface area contributed by atoms with Crippen molar-refractivity contribution in [2.45, 2.75) is 19.9 Å². The molecule has 0 saturated carbocycles. The topological polar surface area (TPSA) is 84.0 Å². The van der Waals surface area contributed by atoms with Crippen LogP contribution in [0.1, 0.15) is 24.2 Å². The van der Waals surface area contributed by atoms with Crippen LogP contribution in [0.3, 0.4) is 0 Å². The van der Waals surface area contributed by atoms with Crippen LogP contribution >= 0.6 is 11.3 Å². The molecule has 2 aromatic heterocycles. The third kappa shape index (κ3) is 4.80. The Morgan fingerprint density at radius 1 is 1.10 bits per heavy atom. The number of pyridine rings is 1. The molecular weight excluding hydrogens is 398 g/mol. The monoisotopic (exact) mass is 416 g/mol. The van der Waals surface area contributed by atoms with Gasteiger partial charge in [0.2, 0.25) is 5.91 Å². The van der Waals surface area contributed by atoms with Crippen LogP contribution < -0.4 is 10.6 Å². The Labute approximate surface area is 170 Å². The van der Waals surface area contributed by atoms with Gasteiger partial charge in [0.25, 0.3) is 5.91 Å². The van der Waals surface area contributed by atoms with E-state index in [0.717, 1.165) is 23.8 Å². The number of hydrogen-bond acceptors (Lipinski definition) is 5. The molecule has 0 saturated heterocycles. The molecule has 9 heteroatoms. The van der Waals surface area contributed by atoms with Crippen LogP contribution in [-0.4, -0.2) is 27.8 Å². The van der Waals surface area contributed by atoms with Crippen molar-refractivity contribution >= 4 is 28.3 Å². The SMILES string of the molecule is CC(C)[C@H](NC(=O)c1c(F)cccc1F)C(=O)Nc1nc(-c2cccnc2)cs1. The highest BCUT2D eigenvalue weighted by Crippen LogP contribution is 2.24. The largest absolute Gasteiger partial charge is 0.340 e. The Hall–Kier alpha value is -3.20. The van der Waals surface area contributed by atoms with Crippen molar-refractivity contribution < 1.29 is 18.4 Å². The second-order valence-electron chi connectivity index (χ2n) is 6.56. The minimum atomic E-state index is -1.01. The lowest BCUT2D eigenvalue weighted by molar-refractivity contribution is -0.118. The predicted octanol–water partition coefficient (Wildman–Crippen LogP) is 3.88. The first kappa shape index (κ1) is 20.5. The van der Waals surface area contributed by atoms with E-state index in [1.165, 1.54) is 11.3 Å². The van der Waals surface area contributed by atoms with E-state index in [-0.39, 0.29) is 5.92 Å². The summed E-state index contributed by atoms with van der Waals surface area (Å²) in [6.45, 7) is 3.43. The van der Waals surface area contributed by atoms with Gasteiger partial charge in [0, 0.05) is 23.3 Å². The Morgan fingerprint density at radius 2 is 1.83 bits per heavy atom. The van der Waals surface area contributed by atoms with Gasteiger partial charge in [0.15, 0.2) is 5.13 Å². The van der Waals surface area contributed by atoms with Gasteiger partial charge in [0.05, 0.1) is 5.69 Å². The highest BCUT2D eigenvalue weighted by molar-refractivity contribution is 7.14. The van der Waals surface area contributed by atoms with Gasteiger partial charge in [-0.15, -0.1) is 11.3 Å². The average molecular weight is 416 g/mol. The van der Waals surface area contributed by atoms with Crippen molar-refractivity contribution in [2.75, 3.05) is 5.32 Å². The fourth-order valence-electron chi connectivity index (χ4n) is 2.62. The molecule has 1 aromatic carbocycles. The molecule has 2 heterocycles. The second kappa shape index (κ2) is 8.87. The van der Waals surface area contributed by atoms with Crippen molar-refractivity contribution in [2.24, 2.45) is 5.92 Å². The fourth-order valence-corrected chi connectivity index (χ4v) is 3.35. The molecule has 0 radical (unpaired) electrons. The number of anilines is 1. The molecule has 0 aliphatic heterocycles.